The van der Waals surface area contributed by atoms with E-state index in [0.29, 0.717) is 22.4 Å². The van der Waals surface area contributed by atoms with E-state index in [-0.39, 0.29) is 0 Å². The third-order valence-corrected chi connectivity index (χ3v) is 3.81. The van der Waals surface area contributed by atoms with E-state index in [9.17, 15) is 0 Å². The van der Waals surface area contributed by atoms with E-state index in [4.69, 9.17) is 16.9 Å². The molecule has 2 aromatic carbocycles. The Kier molecular flexibility index (Phi) is 4.78. The van der Waals surface area contributed by atoms with E-state index >= 15 is 0 Å². The van der Waals surface area contributed by atoms with Gasteiger partial charge in [0.2, 0.25) is 5.95 Å². The molecule has 0 spiro atoms. The summed E-state index contributed by atoms with van der Waals surface area (Å²) in [6, 6.07) is 13.0. The van der Waals surface area contributed by atoms with Crippen molar-refractivity contribution in [2.45, 2.75) is 13.8 Å². The molecular weight excluding hydrogens is 336 g/mol. The number of benzene rings is 2. The highest BCUT2D eigenvalue weighted by molar-refractivity contribution is 6.33. The maximum atomic E-state index is 8.83. The molecule has 1 aromatic heterocycles. The zero-order chi connectivity index (χ0) is 17.8. The number of hydrogen-bond acceptors (Lipinski definition) is 6. The average Bonchev–Trinajstić information content (AvgIpc) is 2.59. The summed E-state index contributed by atoms with van der Waals surface area (Å²) < 4.78 is 0. The third-order valence-electron chi connectivity index (χ3n) is 3.51. The number of aromatic nitrogens is 3. The van der Waals surface area contributed by atoms with Crippen LogP contribution in [0.2, 0.25) is 5.02 Å². The van der Waals surface area contributed by atoms with Gasteiger partial charge < -0.3 is 10.6 Å². The van der Waals surface area contributed by atoms with Crippen molar-refractivity contribution in [2.24, 2.45) is 0 Å². The Balaban J connectivity index is 1.81. The zero-order valence-electron chi connectivity index (χ0n) is 13.7. The van der Waals surface area contributed by atoms with Crippen molar-refractivity contribution < 1.29 is 0 Å². The van der Waals surface area contributed by atoms with Crippen molar-refractivity contribution in [3.8, 4) is 6.07 Å². The lowest BCUT2D eigenvalue weighted by Crippen LogP contribution is -2.03. The molecule has 0 aliphatic rings. The van der Waals surface area contributed by atoms with Crippen molar-refractivity contribution in [1.29, 1.82) is 5.26 Å². The molecule has 6 nitrogen and oxygen atoms in total. The summed E-state index contributed by atoms with van der Waals surface area (Å²) in [4.78, 5) is 4.39. The van der Waals surface area contributed by atoms with Crippen LogP contribution < -0.4 is 10.6 Å². The second-order valence-electron chi connectivity index (χ2n) is 5.54. The smallest absolute Gasteiger partial charge is 0.249 e. The predicted octanol–water partition coefficient (Wildman–Crippen LogP) is 4.50. The van der Waals surface area contributed by atoms with Gasteiger partial charge in [-0.1, -0.05) is 17.7 Å². The van der Waals surface area contributed by atoms with Crippen LogP contribution in [0.4, 0.5) is 23.1 Å². The maximum absolute atomic E-state index is 8.83. The number of hydrogen-bond donors (Lipinski definition) is 2. The van der Waals surface area contributed by atoms with Crippen molar-refractivity contribution in [2.75, 3.05) is 10.6 Å². The topological polar surface area (TPSA) is 86.5 Å². The van der Waals surface area contributed by atoms with E-state index < -0.39 is 0 Å². The molecule has 0 atom stereocenters. The van der Waals surface area contributed by atoms with E-state index in [1.165, 1.54) is 6.20 Å². The van der Waals surface area contributed by atoms with Gasteiger partial charge in [0.25, 0.3) is 0 Å². The molecule has 0 radical (unpaired) electrons. The number of anilines is 4. The van der Waals surface area contributed by atoms with Gasteiger partial charge >= 0.3 is 0 Å². The minimum absolute atomic E-state index is 0.343. The summed E-state index contributed by atoms with van der Waals surface area (Å²) >= 11 is 6.31. The van der Waals surface area contributed by atoms with Crippen LogP contribution in [0.5, 0.6) is 0 Å². The van der Waals surface area contributed by atoms with Crippen LogP contribution in [-0.4, -0.2) is 15.2 Å². The lowest BCUT2D eigenvalue weighted by atomic mass is 10.1. The zero-order valence-corrected chi connectivity index (χ0v) is 14.5. The molecule has 25 heavy (non-hydrogen) atoms. The van der Waals surface area contributed by atoms with Gasteiger partial charge in [-0.3, -0.25) is 0 Å². The largest absolute Gasteiger partial charge is 0.337 e. The summed E-state index contributed by atoms with van der Waals surface area (Å²) in [5.41, 5.74) is 4.26. The molecule has 0 saturated heterocycles. The second-order valence-corrected chi connectivity index (χ2v) is 5.95. The maximum Gasteiger partial charge on any atom is 0.249 e. The first-order valence-corrected chi connectivity index (χ1v) is 7.93. The van der Waals surface area contributed by atoms with Crippen LogP contribution in [0.1, 0.15) is 16.7 Å². The van der Waals surface area contributed by atoms with E-state index in [1.807, 2.05) is 26.0 Å². The highest BCUT2D eigenvalue weighted by Gasteiger charge is 2.08. The van der Waals surface area contributed by atoms with Crippen LogP contribution in [0.3, 0.4) is 0 Å². The highest BCUT2D eigenvalue weighted by Crippen LogP contribution is 2.29. The van der Waals surface area contributed by atoms with Crippen molar-refractivity contribution in [3.63, 3.8) is 0 Å². The number of rotatable bonds is 4. The molecule has 3 rings (SSSR count). The molecule has 2 N–H and O–H groups in total. The fourth-order valence-corrected chi connectivity index (χ4v) is 2.74. The fraction of sp³-hybridized carbons (Fsp3) is 0.111. The first-order chi connectivity index (χ1) is 12.0. The van der Waals surface area contributed by atoms with E-state index in [0.717, 1.165) is 22.5 Å². The molecule has 1 heterocycles. The number of aryl methyl sites for hydroxylation is 2. The lowest BCUT2D eigenvalue weighted by Gasteiger charge is -2.12. The molecular formula is C18H15ClN6. The summed E-state index contributed by atoms with van der Waals surface area (Å²) in [5, 5.41) is 23.6. The Labute approximate surface area is 150 Å². The van der Waals surface area contributed by atoms with Gasteiger partial charge in [0, 0.05) is 5.69 Å². The van der Waals surface area contributed by atoms with Gasteiger partial charge in [-0.15, -0.1) is 5.10 Å². The SMILES string of the molecule is Cc1cc(C)c(Nc2cnnc(Nc3ccc(C#N)cc3)n2)c(Cl)c1. The Hall–Kier alpha value is -3.17. The Bertz CT molecular complexity index is 924. The first-order valence-electron chi connectivity index (χ1n) is 7.56. The van der Waals surface area contributed by atoms with Crippen molar-refractivity contribution in [1.82, 2.24) is 15.2 Å². The van der Waals surface area contributed by atoms with Gasteiger partial charge in [-0.05, 0) is 55.3 Å². The van der Waals surface area contributed by atoms with Crippen molar-refractivity contribution in [3.05, 3.63) is 64.3 Å². The van der Waals surface area contributed by atoms with Crippen LogP contribution in [-0.2, 0) is 0 Å². The summed E-state index contributed by atoms with van der Waals surface area (Å²) in [6.07, 6.45) is 1.53. The normalized spacial score (nSPS) is 10.2. The molecule has 124 valence electrons. The van der Waals surface area contributed by atoms with E-state index in [2.05, 4.69) is 31.9 Å². The molecule has 0 bridgehead atoms. The second kappa shape index (κ2) is 7.16. The van der Waals surface area contributed by atoms with Gasteiger partial charge in [0.1, 0.15) is 0 Å². The standard InChI is InChI=1S/C18H15ClN6/c1-11-7-12(2)17(15(19)8-11)23-16-10-21-25-18(24-16)22-14-5-3-13(9-20)4-6-14/h3-8,10H,1-2H3,(H2,22,23,24,25). The molecule has 0 aliphatic carbocycles. The number of nitrogens with one attached hydrogen (secondary N) is 2. The fourth-order valence-electron chi connectivity index (χ4n) is 2.38. The number of nitrogens with zero attached hydrogens (tertiary/aromatic N) is 4. The van der Waals surface area contributed by atoms with Gasteiger partial charge in [0.15, 0.2) is 5.82 Å². The predicted molar refractivity (Wildman–Crippen MR) is 98.5 cm³/mol. The van der Waals surface area contributed by atoms with Crippen LogP contribution in [0.25, 0.3) is 0 Å². The van der Waals surface area contributed by atoms with E-state index in [1.54, 1.807) is 24.3 Å². The van der Waals surface area contributed by atoms with Gasteiger partial charge in [0.05, 0.1) is 28.5 Å². The lowest BCUT2D eigenvalue weighted by molar-refractivity contribution is 0.982. The molecule has 0 unspecified atom stereocenters. The summed E-state index contributed by atoms with van der Waals surface area (Å²) in [7, 11) is 0. The van der Waals surface area contributed by atoms with Crippen LogP contribution in [0.15, 0.2) is 42.6 Å². The minimum Gasteiger partial charge on any atom is -0.337 e. The van der Waals surface area contributed by atoms with Gasteiger partial charge in [-0.25, -0.2) is 0 Å². The Morgan fingerprint density at radius 2 is 1.84 bits per heavy atom. The molecule has 0 saturated carbocycles. The quantitative estimate of drug-likeness (QED) is 0.720. The Morgan fingerprint density at radius 3 is 2.52 bits per heavy atom. The molecule has 0 fully saturated rings. The van der Waals surface area contributed by atoms with Crippen LogP contribution >= 0.6 is 11.6 Å². The average molecular weight is 351 g/mol. The molecule has 7 heteroatoms. The summed E-state index contributed by atoms with van der Waals surface area (Å²) in [5.74, 6) is 0.871. The van der Waals surface area contributed by atoms with Crippen molar-refractivity contribution >= 4 is 34.7 Å². The van der Waals surface area contributed by atoms with Crippen LogP contribution in [0, 0.1) is 25.2 Å². The molecule has 0 amide bonds. The first kappa shape index (κ1) is 16.7. The Morgan fingerprint density at radius 1 is 1.08 bits per heavy atom. The molecule has 3 aromatic rings. The number of halogens is 1. The highest BCUT2D eigenvalue weighted by atomic mass is 35.5. The third kappa shape index (κ3) is 4.03. The van der Waals surface area contributed by atoms with Gasteiger partial charge in [-0.2, -0.15) is 15.3 Å². The number of nitriles is 1. The monoisotopic (exact) mass is 350 g/mol. The summed E-state index contributed by atoms with van der Waals surface area (Å²) in [6.45, 7) is 3.97. The molecule has 0 aliphatic heterocycles. The minimum atomic E-state index is 0.343.